The second-order valence-electron chi connectivity index (χ2n) is 6.43. The fourth-order valence-electron chi connectivity index (χ4n) is 3.49. The Bertz CT molecular complexity index is 215. The summed E-state index contributed by atoms with van der Waals surface area (Å²) < 4.78 is 0. The molecule has 0 spiro atoms. The predicted molar refractivity (Wildman–Crippen MR) is 79.0 cm³/mol. The Hall–Kier alpha value is -0.0800. The van der Waals surface area contributed by atoms with Gasteiger partial charge < -0.3 is 9.80 Å². The van der Waals surface area contributed by atoms with Crippen LogP contribution in [0.25, 0.3) is 0 Å². The molecule has 2 nitrogen and oxygen atoms in total. The Labute approximate surface area is 114 Å². The van der Waals surface area contributed by atoms with Crippen molar-refractivity contribution in [1.29, 1.82) is 0 Å². The monoisotopic (exact) mass is 252 g/mol. The molecule has 0 aromatic carbocycles. The first-order chi connectivity index (χ1) is 8.79. The molecular weight excluding hydrogens is 220 g/mol. The van der Waals surface area contributed by atoms with Gasteiger partial charge in [0, 0.05) is 6.04 Å². The lowest BCUT2D eigenvalue weighted by Crippen LogP contribution is -2.40. The highest BCUT2D eigenvalue weighted by Crippen LogP contribution is 2.23. The number of hydrogen-bond donors (Lipinski definition) is 0. The van der Waals surface area contributed by atoms with Gasteiger partial charge in [-0.1, -0.05) is 13.3 Å². The number of rotatable bonds is 5. The van der Waals surface area contributed by atoms with Crippen LogP contribution in [0.3, 0.4) is 0 Å². The molecule has 18 heavy (non-hydrogen) atoms. The van der Waals surface area contributed by atoms with Crippen LogP contribution >= 0.6 is 0 Å². The van der Waals surface area contributed by atoms with E-state index in [1.54, 1.807) is 0 Å². The van der Waals surface area contributed by atoms with Gasteiger partial charge in [-0.3, -0.25) is 0 Å². The van der Waals surface area contributed by atoms with E-state index in [9.17, 15) is 0 Å². The molecule has 0 aliphatic carbocycles. The van der Waals surface area contributed by atoms with Crippen LogP contribution in [0.1, 0.15) is 58.8 Å². The average Bonchev–Trinajstić information content (AvgIpc) is 2.46. The lowest BCUT2D eigenvalue weighted by Gasteiger charge is -2.36. The third-order valence-electron chi connectivity index (χ3n) is 5.17. The highest BCUT2D eigenvalue weighted by Gasteiger charge is 2.22. The van der Waals surface area contributed by atoms with E-state index in [1.807, 2.05) is 0 Å². The third-order valence-corrected chi connectivity index (χ3v) is 5.17. The summed E-state index contributed by atoms with van der Waals surface area (Å²) in [5.41, 5.74) is 0. The molecular formula is C16H32N2. The van der Waals surface area contributed by atoms with Crippen LogP contribution in [0, 0.1) is 5.92 Å². The summed E-state index contributed by atoms with van der Waals surface area (Å²) in [6, 6.07) is 0.799. The zero-order valence-electron chi connectivity index (χ0n) is 12.5. The maximum atomic E-state index is 2.70. The van der Waals surface area contributed by atoms with Crippen LogP contribution in [0.5, 0.6) is 0 Å². The van der Waals surface area contributed by atoms with Gasteiger partial charge in [-0.25, -0.2) is 0 Å². The highest BCUT2D eigenvalue weighted by molar-refractivity contribution is 4.77. The van der Waals surface area contributed by atoms with E-state index in [4.69, 9.17) is 0 Å². The number of nitrogens with zero attached hydrogens (tertiary/aromatic N) is 2. The van der Waals surface area contributed by atoms with Gasteiger partial charge >= 0.3 is 0 Å². The number of piperidine rings is 2. The van der Waals surface area contributed by atoms with Crippen LogP contribution in [0.2, 0.25) is 0 Å². The second-order valence-corrected chi connectivity index (χ2v) is 6.43. The first-order valence-electron chi connectivity index (χ1n) is 8.26. The molecule has 2 rings (SSSR count). The van der Waals surface area contributed by atoms with E-state index in [-0.39, 0.29) is 0 Å². The topological polar surface area (TPSA) is 6.48 Å². The largest absolute Gasteiger partial charge is 0.303 e. The number of likely N-dealkylation sites (tertiary alicyclic amines) is 2. The normalized spacial score (nSPS) is 26.3. The predicted octanol–water partition coefficient (Wildman–Crippen LogP) is 3.37. The standard InChI is InChI=1S/C16H32N2/c1-3-15(2)18-13-8-16(9-14-18)7-12-17-10-5-4-6-11-17/h15-16H,3-14H2,1-2H3. The van der Waals surface area contributed by atoms with Crippen molar-refractivity contribution < 1.29 is 0 Å². The first-order valence-corrected chi connectivity index (χ1v) is 8.26. The molecule has 2 fully saturated rings. The lowest BCUT2D eigenvalue weighted by atomic mass is 9.92. The van der Waals surface area contributed by atoms with Crippen LogP contribution in [-0.4, -0.2) is 48.6 Å². The van der Waals surface area contributed by atoms with Crippen LogP contribution in [-0.2, 0) is 0 Å². The van der Waals surface area contributed by atoms with E-state index in [0.717, 1.165) is 12.0 Å². The van der Waals surface area contributed by atoms with Crippen molar-refractivity contribution >= 4 is 0 Å². The molecule has 0 aromatic rings. The summed E-state index contributed by atoms with van der Waals surface area (Å²) >= 11 is 0. The Kier molecular flexibility index (Phi) is 5.97. The molecule has 0 bridgehead atoms. The molecule has 2 heteroatoms. The molecule has 0 saturated carbocycles. The third kappa shape index (κ3) is 4.24. The first kappa shape index (κ1) is 14.3. The molecule has 2 aliphatic heterocycles. The molecule has 0 amide bonds. The van der Waals surface area contributed by atoms with Crippen molar-refractivity contribution in [3.63, 3.8) is 0 Å². The maximum Gasteiger partial charge on any atom is 0.00643 e. The zero-order valence-corrected chi connectivity index (χ0v) is 12.5. The molecule has 1 atom stereocenters. The van der Waals surface area contributed by atoms with E-state index < -0.39 is 0 Å². The smallest absolute Gasteiger partial charge is 0.00643 e. The van der Waals surface area contributed by atoms with Gasteiger partial charge in [0.2, 0.25) is 0 Å². The van der Waals surface area contributed by atoms with Crippen LogP contribution in [0.15, 0.2) is 0 Å². The highest BCUT2D eigenvalue weighted by atomic mass is 15.2. The van der Waals surface area contributed by atoms with Crippen molar-refractivity contribution in [2.45, 2.75) is 64.8 Å². The van der Waals surface area contributed by atoms with Crippen LogP contribution in [0.4, 0.5) is 0 Å². The average molecular weight is 252 g/mol. The summed E-state index contributed by atoms with van der Waals surface area (Å²) in [5.74, 6) is 1.01. The summed E-state index contributed by atoms with van der Waals surface area (Å²) in [7, 11) is 0. The minimum absolute atomic E-state index is 0.799. The van der Waals surface area contributed by atoms with Gasteiger partial charge in [0.05, 0.1) is 0 Å². The van der Waals surface area contributed by atoms with E-state index >= 15 is 0 Å². The molecule has 2 saturated heterocycles. The minimum Gasteiger partial charge on any atom is -0.303 e. The molecule has 0 aromatic heterocycles. The molecule has 0 N–H and O–H groups in total. The summed E-state index contributed by atoms with van der Waals surface area (Å²) in [4.78, 5) is 5.39. The summed E-state index contributed by atoms with van der Waals surface area (Å²) in [6.07, 6.45) is 9.98. The van der Waals surface area contributed by atoms with E-state index in [1.165, 1.54) is 77.7 Å². The maximum absolute atomic E-state index is 2.70. The summed E-state index contributed by atoms with van der Waals surface area (Å²) in [6.45, 7) is 11.5. The summed E-state index contributed by atoms with van der Waals surface area (Å²) in [5, 5.41) is 0. The van der Waals surface area contributed by atoms with E-state index in [0.29, 0.717) is 0 Å². The van der Waals surface area contributed by atoms with Gasteiger partial charge in [0.25, 0.3) is 0 Å². The zero-order chi connectivity index (χ0) is 12.8. The fourth-order valence-corrected chi connectivity index (χ4v) is 3.49. The lowest BCUT2D eigenvalue weighted by molar-refractivity contribution is 0.124. The van der Waals surface area contributed by atoms with Crippen LogP contribution < -0.4 is 0 Å². The molecule has 0 radical (unpaired) electrons. The Morgan fingerprint density at radius 1 is 1.00 bits per heavy atom. The van der Waals surface area contributed by atoms with Crippen molar-refractivity contribution in [3.05, 3.63) is 0 Å². The van der Waals surface area contributed by atoms with Gasteiger partial charge in [-0.15, -0.1) is 0 Å². The molecule has 1 unspecified atom stereocenters. The van der Waals surface area contributed by atoms with E-state index in [2.05, 4.69) is 23.6 Å². The van der Waals surface area contributed by atoms with Gasteiger partial charge in [0.1, 0.15) is 0 Å². The SMILES string of the molecule is CCC(C)N1CCC(CCN2CCCCC2)CC1. The Morgan fingerprint density at radius 3 is 2.28 bits per heavy atom. The Morgan fingerprint density at radius 2 is 1.67 bits per heavy atom. The quantitative estimate of drug-likeness (QED) is 0.740. The Balaban J connectivity index is 1.61. The van der Waals surface area contributed by atoms with Gasteiger partial charge in [-0.2, -0.15) is 0 Å². The number of hydrogen-bond acceptors (Lipinski definition) is 2. The van der Waals surface area contributed by atoms with Gasteiger partial charge in [-0.05, 0) is 84.1 Å². The minimum atomic E-state index is 0.799. The van der Waals surface area contributed by atoms with Crippen molar-refractivity contribution in [2.75, 3.05) is 32.7 Å². The molecule has 2 heterocycles. The van der Waals surface area contributed by atoms with Crippen molar-refractivity contribution in [2.24, 2.45) is 5.92 Å². The molecule has 106 valence electrons. The van der Waals surface area contributed by atoms with Crippen molar-refractivity contribution in [3.8, 4) is 0 Å². The van der Waals surface area contributed by atoms with Gasteiger partial charge in [0.15, 0.2) is 0 Å². The fraction of sp³-hybridized carbons (Fsp3) is 1.00. The molecule has 2 aliphatic rings. The van der Waals surface area contributed by atoms with Crippen molar-refractivity contribution in [1.82, 2.24) is 9.80 Å². The second kappa shape index (κ2) is 7.49.